The van der Waals surface area contributed by atoms with Gasteiger partial charge >= 0.3 is 0 Å². The van der Waals surface area contributed by atoms with Gasteiger partial charge in [0, 0.05) is 78.4 Å². The number of anilines is 9. The van der Waals surface area contributed by atoms with Crippen molar-refractivity contribution in [2.24, 2.45) is 0 Å². The van der Waals surface area contributed by atoms with Crippen molar-refractivity contribution >= 4 is 111 Å². The fourth-order valence-electron chi connectivity index (χ4n) is 13.0. The molecule has 0 aliphatic carbocycles. The molecular weight excluding hydrogens is 1310 g/mol. The van der Waals surface area contributed by atoms with Gasteiger partial charge in [-0.2, -0.15) is 25.3 Å². The zero-order valence-electron chi connectivity index (χ0n) is 64.3. The summed E-state index contributed by atoms with van der Waals surface area (Å²) in [4.78, 5) is 1.08. The minimum Gasteiger partial charge on any atom is -0.398 e. The number of rotatable bonds is 19. The van der Waals surface area contributed by atoms with E-state index in [1.807, 2.05) is 39.2 Å². The average molecular weight is 1440 g/mol. The van der Waals surface area contributed by atoms with E-state index in [1.165, 1.54) is 83.5 Å². The zero-order chi connectivity index (χ0) is 75.0. The molecule has 8 aromatic carbocycles. The molecule has 99 heavy (non-hydrogen) atoms. The fourth-order valence-corrected chi connectivity index (χ4v) is 14.8. The highest BCUT2D eigenvalue weighted by atomic mass is 35.5. The van der Waals surface area contributed by atoms with Crippen LogP contribution in [0.2, 0.25) is 10.0 Å². The van der Waals surface area contributed by atoms with Crippen LogP contribution in [0.15, 0.2) is 65.6 Å². The normalized spacial score (nSPS) is 10.7. The second-order valence-electron chi connectivity index (χ2n) is 25.8. The van der Waals surface area contributed by atoms with Gasteiger partial charge in [-0.05, 0) is 296 Å². The summed E-state index contributed by atoms with van der Waals surface area (Å²) in [5.41, 5.74) is 94.3. The third-order valence-electron chi connectivity index (χ3n) is 20.0. The van der Waals surface area contributed by atoms with Gasteiger partial charge in [-0.1, -0.05) is 161 Å². The van der Waals surface area contributed by atoms with Gasteiger partial charge in [0.2, 0.25) is 0 Å². The van der Waals surface area contributed by atoms with Crippen molar-refractivity contribution in [1.82, 2.24) is 0 Å². The van der Waals surface area contributed by atoms with Crippen LogP contribution in [0.3, 0.4) is 0 Å². The Balaban J connectivity index is 0.000000318. The molecule has 18 N–H and O–H groups in total. The van der Waals surface area contributed by atoms with Crippen LogP contribution >= 0.6 is 60.2 Å². The number of benzene rings is 8. The molecule has 0 aliphatic rings. The molecule has 0 saturated carbocycles. The lowest BCUT2D eigenvalue weighted by Gasteiger charge is -2.18. The molecule has 9 nitrogen and oxygen atoms in total. The summed E-state index contributed by atoms with van der Waals surface area (Å²) in [5, 5.41) is 1.53. The molecule has 0 atom stereocenters. The maximum absolute atomic E-state index is 6.68. The Hall–Kier alpha value is -6.41. The molecule has 8 rings (SSSR count). The number of thiol groups is 2. The van der Waals surface area contributed by atoms with Crippen molar-refractivity contribution in [3.8, 4) is 0 Å². The Kier molecular flexibility index (Phi) is 36.4. The molecule has 8 aromatic rings. The Morgan fingerprint density at radius 3 is 0.970 bits per heavy atom. The maximum atomic E-state index is 6.68. The predicted molar refractivity (Wildman–Crippen MR) is 454 cm³/mol. The molecule has 0 aliphatic heterocycles. The number of nitrogens with two attached hydrogens (primary N) is 9. The van der Waals surface area contributed by atoms with E-state index in [9.17, 15) is 0 Å². The second kappa shape index (κ2) is 41.5. The molecule has 0 heterocycles. The van der Waals surface area contributed by atoms with Crippen molar-refractivity contribution in [2.75, 3.05) is 57.9 Å². The van der Waals surface area contributed by atoms with Crippen LogP contribution in [0.25, 0.3) is 0 Å². The number of nitrogen functional groups attached to an aromatic ring is 9. The van der Waals surface area contributed by atoms with Crippen LogP contribution in [0, 0.1) is 55.4 Å². The summed E-state index contributed by atoms with van der Waals surface area (Å²) in [6.07, 6.45) is 15.5. The molecule has 0 saturated heterocycles. The van der Waals surface area contributed by atoms with E-state index in [0.29, 0.717) is 17.9 Å². The quantitative estimate of drug-likeness (QED) is 0.0208. The van der Waals surface area contributed by atoms with Gasteiger partial charge < -0.3 is 51.6 Å². The van der Waals surface area contributed by atoms with Crippen molar-refractivity contribution in [3.63, 3.8) is 0 Å². The first-order valence-electron chi connectivity index (χ1n) is 35.8. The van der Waals surface area contributed by atoms with Gasteiger partial charge in [-0.15, -0.1) is 11.8 Å². The lowest BCUT2D eigenvalue weighted by molar-refractivity contribution is 1.01. The molecule has 0 spiro atoms. The van der Waals surface area contributed by atoms with Crippen LogP contribution in [-0.4, -0.2) is 6.26 Å². The van der Waals surface area contributed by atoms with E-state index in [0.717, 1.165) is 211 Å². The van der Waals surface area contributed by atoms with E-state index in [2.05, 4.69) is 191 Å². The number of hydrogen-bond donors (Lipinski definition) is 11. The summed E-state index contributed by atoms with van der Waals surface area (Å²) in [6, 6.07) is 22.1. The third kappa shape index (κ3) is 21.8. The molecular formula is C85H125Cl2N9S3. The third-order valence-corrected chi connectivity index (χ3v) is 22.4. The van der Waals surface area contributed by atoms with E-state index >= 15 is 0 Å². The summed E-state index contributed by atoms with van der Waals surface area (Å²) >= 11 is 23.4. The summed E-state index contributed by atoms with van der Waals surface area (Å²) < 4.78 is 0. The Morgan fingerprint density at radius 1 is 0.273 bits per heavy atom. The minimum atomic E-state index is 0.653. The lowest BCUT2D eigenvalue weighted by Crippen LogP contribution is -2.06. The molecule has 0 amide bonds. The standard InChI is InChI=1S/C22H31N.C21H28Cl2N2.2C12H19N.C9H14N2S2.C9H14N2S/c1-6-18-11-16(12-19(7-2)15(18)5)10-17-13-20(8-3)22(23)21(9-4)14-17;1-5-12-9-14(18(22)16(7-3)20(12)24)11-15-10-13(6-2)21(25)17(8-4)19(15)23;1-5-10-7-11(6-2)12(13)9(4)8(10)3;1-5-10-7-8(3)9(4)11(6-2)12(10)13;1-5-8(10)6(4-12)3-7(13-2)9(5)11;1-5-3-7(4-12)9(11)6(2)8(5)10/h11-14H,6-10,23H2,1-5H3;9-10H,5-8,11,24-25H2,1-4H3;2*7H,5-6,13H2,1-4H3;3,12H,4,10-11H2,1-2H3;3,12H,4,10-11H2,1-2H3. The van der Waals surface area contributed by atoms with Gasteiger partial charge in [0.05, 0.1) is 5.69 Å². The predicted octanol–water partition coefficient (Wildman–Crippen LogP) is 21.6. The van der Waals surface area contributed by atoms with Gasteiger partial charge in [0.1, 0.15) is 0 Å². The first-order chi connectivity index (χ1) is 46.8. The molecule has 0 radical (unpaired) electrons. The van der Waals surface area contributed by atoms with Crippen molar-refractivity contribution in [2.45, 2.75) is 245 Å². The van der Waals surface area contributed by atoms with Crippen LogP contribution in [0.1, 0.15) is 228 Å². The average Bonchev–Trinajstić information content (AvgIpc) is 0.789. The lowest BCUT2D eigenvalue weighted by atomic mass is 9.91. The minimum absolute atomic E-state index is 0.653. The molecule has 0 aromatic heterocycles. The largest absolute Gasteiger partial charge is 0.398 e. The number of hydrogen-bond acceptors (Lipinski definition) is 12. The number of halogens is 2. The molecule has 0 bridgehead atoms. The smallest absolute Gasteiger partial charge is 0.0502 e. The Labute approximate surface area is 624 Å². The maximum Gasteiger partial charge on any atom is 0.0502 e. The van der Waals surface area contributed by atoms with E-state index in [4.69, 9.17) is 74.8 Å². The zero-order valence-corrected chi connectivity index (χ0v) is 68.5. The van der Waals surface area contributed by atoms with Gasteiger partial charge in [-0.3, -0.25) is 0 Å². The van der Waals surface area contributed by atoms with Gasteiger partial charge in [-0.25, -0.2) is 0 Å². The van der Waals surface area contributed by atoms with Crippen molar-refractivity contribution in [1.29, 1.82) is 0 Å². The molecule has 0 unspecified atom stereocenters. The first-order valence-corrected chi connectivity index (χ1v) is 39.1. The summed E-state index contributed by atoms with van der Waals surface area (Å²) in [5.74, 6) is 1.31. The van der Waals surface area contributed by atoms with E-state index in [-0.39, 0.29) is 0 Å². The fraction of sp³-hybridized carbons (Fsp3) is 0.435. The van der Waals surface area contributed by atoms with Crippen molar-refractivity contribution < 1.29 is 0 Å². The van der Waals surface area contributed by atoms with E-state index in [1.54, 1.807) is 11.8 Å². The summed E-state index contributed by atoms with van der Waals surface area (Å²) in [7, 11) is 0. The highest BCUT2D eigenvalue weighted by Crippen LogP contribution is 2.38. The van der Waals surface area contributed by atoms with Crippen LogP contribution < -0.4 is 51.6 Å². The van der Waals surface area contributed by atoms with Crippen LogP contribution in [0.4, 0.5) is 51.2 Å². The van der Waals surface area contributed by atoms with E-state index < -0.39 is 0 Å². The Morgan fingerprint density at radius 2 is 0.586 bits per heavy atom. The SMILES string of the molecule is CCc1cc(C)c(C)c(CC)c1N.CCc1cc(CC)c(N)c(C)c1C.CCc1cc(Cc2cc(CC)c(N)c(CC)c2)cc(CC)c1C.CCc1cc(Cc2cc(CC)c(N)c(CC)c2Cl)c(Cl)c(CC)c1N.CSc1cc(CS)c(N)c(C)c1N.Cc1cc(CS)c(N)c(C)c1N. The topological polar surface area (TPSA) is 234 Å². The Bertz CT molecular complexity index is 3720. The molecule has 0 fully saturated rings. The monoisotopic (exact) mass is 1440 g/mol. The highest BCUT2D eigenvalue weighted by molar-refractivity contribution is 7.98. The van der Waals surface area contributed by atoms with Crippen molar-refractivity contribution in [3.05, 3.63) is 215 Å². The van der Waals surface area contributed by atoms with Crippen LogP contribution in [0.5, 0.6) is 0 Å². The van der Waals surface area contributed by atoms with Gasteiger partial charge in [0.25, 0.3) is 0 Å². The van der Waals surface area contributed by atoms with Gasteiger partial charge in [0.15, 0.2) is 0 Å². The highest BCUT2D eigenvalue weighted by Gasteiger charge is 2.19. The summed E-state index contributed by atoms with van der Waals surface area (Å²) in [6.45, 7) is 42.6. The van der Waals surface area contributed by atoms with Crippen LogP contribution in [-0.2, 0) is 101 Å². The molecule has 14 heteroatoms. The first kappa shape index (κ1) is 86.8. The number of thioether (sulfide) groups is 1. The second-order valence-corrected chi connectivity index (χ2v) is 28.0. The number of aryl methyl sites for hydroxylation is 11. The molecule has 542 valence electrons.